The maximum atomic E-state index is 14.7. The van der Waals surface area contributed by atoms with Crippen molar-refractivity contribution in [3.63, 3.8) is 0 Å². The highest BCUT2D eigenvalue weighted by Gasteiger charge is 2.33. The van der Waals surface area contributed by atoms with Crippen molar-refractivity contribution < 1.29 is 18.7 Å². The van der Waals surface area contributed by atoms with E-state index in [-0.39, 0.29) is 24.3 Å². The fraction of sp³-hybridized carbons (Fsp3) is 0.500. The van der Waals surface area contributed by atoms with Gasteiger partial charge in [-0.15, -0.1) is 0 Å². The van der Waals surface area contributed by atoms with Gasteiger partial charge in [-0.3, -0.25) is 9.59 Å². The number of aromatic amines is 1. The first-order valence-corrected chi connectivity index (χ1v) is 13.1. The van der Waals surface area contributed by atoms with E-state index >= 15 is 0 Å². The molecule has 0 radical (unpaired) electrons. The second-order valence-electron chi connectivity index (χ2n) is 10.4. The van der Waals surface area contributed by atoms with Crippen molar-refractivity contribution in [1.29, 1.82) is 0 Å². The van der Waals surface area contributed by atoms with Crippen LogP contribution in [0, 0.1) is 19.8 Å². The number of hydrogen-bond donors (Lipinski definition) is 3. The van der Waals surface area contributed by atoms with Gasteiger partial charge in [0.1, 0.15) is 29.5 Å². The highest BCUT2D eigenvalue weighted by atomic mass is 19.1. The second kappa shape index (κ2) is 10.5. The zero-order chi connectivity index (χ0) is 26.1. The van der Waals surface area contributed by atoms with Gasteiger partial charge in [0.2, 0.25) is 5.91 Å². The lowest BCUT2D eigenvalue weighted by Gasteiger charge is -2.32. The van der Waals surface area contributed by atoms with Crippen LogP contribution < -0.4 is 15.4 Å². The minimum atomic E-state index is -1.21. The number of ether oxygens (including phenoxy) is 1. The number of amides is 2. The minimum absolute atomic E-state index is 0.158. The number of halogens is 1. The summed E-state index contributed by atoms with van der Waals surface area (Å²) in [4.78, 5) is 37.4. The van der Waals surface area contributed by atoms with E-state index in [0.29, 0.717) is 59.8 Å². The van der Waals surface area contributed by atoms with Crippen LogP contribution in [0.1, 0.15) is 67.1 Å². The highest BCUT2D eigenvalue weighted by molar-refractivity contribution is 6.09. The standard InChI is InChI=1S/C28H34FN5O3/c1-4-23(35)34-21-9-8-18(12-20(21)29)33-28(36)24-16(3)32-27-25(30-14-31-26(24)27)19-11-15(2)5-10-22(19)37-13-17-6-7-17/h5,10-11,14,17-18,20-21,32H,4,6-9,12-13H2,1-3H3,(H,33,36)(H,34,35). The summed E-state index contributed by atoms with van der Waals surface area (Å²) in [5, 5.41) is 5.74. The molecule has 2 saturated carbocycles. The molecule has 3 atom stereocenters. The Balaban J connectivity index is 1.38. The Morgan fingerprint density at radius 3 is 2.68 bits per heavy atom. The molecule has 0 aliphatic heterocycles. The number of carbonyl (C=O) groups is 2. The van der Waals surface area contributed by atoms with Gasteiger partial charge in [0.15, 0.2) is 0 Å². The van der Waals surface area contributed by atoms with Gasteiger partial charge < -0.3 is 20.4 Å². The Kier molecular flexibility index (Phi) is 7.13. The maximum absolute atomic E-state index is 14.7. The fourth-order valence-electron chi connectivity index (χ4n) is 5.03. The lowest BCUT2D eigenvalue weighted by atomic mass is 9.89. The van der Waals surface area contributed by atoms with Crippen LogP contribution in [-0.4, -0.2) is 51.6 Å². The number of benzene rings is 1. The number of fused-ring (bicyclic) bond motifs is 1. The number of nitrogens with zero attached hydrogens (tertiary/aromatic N) is 2. The van der Waals surface area contributed by atoms with Gasteiger partial charge in [-0.1, -0.05) is 18.6 Å². The summed E-state index contributed by atoms with van der Waals surface area (Å²) in [5.74, 6) is 0.923. The third-order valence-corrected chi connectivity index (χ3v) is 7.34. The van der Waals surface area contributed by atoms with Crippen LogP contribution >= 0.6 is 0 Å². The van der Waals surface area contributed by atoms with E-state index in [9.17, 15) is 14.0 Å². The molecule has 0 saturated heterocycles. The van der Waals surface area contributed by atoms with E-state index < -0.39 is 12.2 Å². The Morgan fingerprint density at radius 1 is 1.14 bits per heavy atom. The van der Waals surface area contributed by atoms with E-state index in [0.717, 1.165) is 16.9 Å². The number of nitrogens with one attached hydrogen (secondary N) is 3. The molecule has 2 aliphatic rings. The zero-order valence-corrected chi connectivity index (χ0v) is 21.6. The van der Waals surface area contributed by atoms with Crippen LogP contribution in [0.2, 0.25) is 0 Å². The summed E-state index contributed by atoms with van der Waals surface area (Å²) in [6.07, 6.45) is 4.21. The number of alkyl halides is 1. The van der Waals surface area contributed by atoms with Crippen molar-refractivity contribution in [1.82, 2.24) is 25.6 Å². The average Bonchev–Trinajstić information content (AvgIpc) is 3.64. The predicted molar refractivity (Wildman–Crippen MR) is 139 cm³/mol. The first-order chi connectivity index (χ1) is 17.8. The van der Waals surface area contributed by atoms with Gasteiger partial charge in [0.05, 0.1) is 23.7 Å². The Bertz CT molecular complexity index is 1320. The average molecular weight is 508 g/mol. The minimum Gasteiger partial charge on any atom is -0.493 e. The first-order valence-electron chi connectivity index (χ1n) is 13.1. The first kappa shape index (κ1) is 25.2. The molecule has 2 fully saturated rings. The van der Waals surface area contributed by atoms with Crippen LogP contribution in [0.4, 0.5) is 4.39 Å². The van der Waals surface area contributed by atoms with Gasteiger partial charge in [-0.25, -0.2) is 14.4 Å². The molecule has 3 unspecified atom stereocenters. The number of H-pyrrole nitrogens is 1. The molecule has 8 nitrogen and oxygen atoms in total. The van der Waals surface area contributed by atoms with E-state index in [1.165, 1.54) is 19.2 Å². The Labute approximate surface area is 215 Å². The number of aryl methyl sites for hydroxylation is 2. The summed E-state index contributed by atoms with van der Waals surface area (Å²) in [6, 6.07) is 5.20. The number of rotatable bonds is 8. The quantitative estimate of drug-likeness (QED) is 0.415. The van der Waals surface area contributed by atoms with E-state index in [4.69, 9.17) is 4.74 Å². The molecule has 2 amide bonds. The SMILES string of the molecule is CCC(=O)NC1CCC(NC(=O)c2c(C)[nH]c3c(-c4cc(C)ccc4OCC4CC4)ncnc23)CC1F. The molecule has 0 spiro atoms. The predicted octanol–water partition coefficient (Wildman–Crippen LogP) is 4.55. The van der Waals surface area contributed by atoms with E-state index in [1.807, 2.05) is 32.0 Å². The molecule has 5 rings (SSSR count). The molecule has 37 heavy (non-hydrogen) atoms. The largest absolute Gasteiger partial charge is 0.493 e. The Hall–Kier alpha value is -3.49. The van der Waals surface area contributed by atoms with Gasteiger partial charge in [-0.2, -0.15) is 0 Å². The van der Waals surface area contributed by atoms with Crippen molar-refractivity contribution >= 4 is 22.8 Å². The summed E-state index contributed by atoms with van der Waals surface area (Å²) >= 11 is 0. The molecule has 0 bridgehead atoms. The van der Waals surface area contributed by atoms with Gasteiger partial charge in [-0.05, 0) is 57.6 Å². The monoisotopic (exact) mass is 507 g/mol. The fourth-order valence-corrected chi connectivity index (χ4v) is 5.03. The molecule has 1 aromatic carbocycles. The molecule has 196 valence electrons. The van der Waals surface area contributed by atoms with Crippen LogP contribution in [0.25, 0.3) is 22.3 Å². The van der Waals surface area contributed by atoms with Crippen LogP contribution in [0.3, 0.4) is 0 Å². The summed E-state index contributed by atoms with van der Waals surface area (Å²) in [7, 11) is 0. The van der Waals surface area contributed by atoms with Gasteiger partial charge in [0, 0.05) is 30.1 Å². The van der Waals surface area contributed by atoms with Crippen molar-refractivity contribution in [2.75, 3.05) is 6.61 Å². The molecular formula is C28H34FN5O3. The maximum Gasteiger partial charge on any atom is 0.255 e. The van der Waals surface area contributed by atoms with Gasteiger partial charge >= 0.3 is 0 Å². The molecule has 3 N–H and O–H groups in total. The molecular weight excluding hydrogens is 473 g/mol. The molecule has 3 aromatic rings. The van der Waals surface area contributed by atoms with Crippen molar-refractivity contribution in [3.8, 4) is 17.0 Å². The van der Waals surface area contributed by atoms with Crippen LogP contribution in [0.15, 0.2) is 24.5 Å². The molecule has 9 heteroatoms. The second-order valence-corrected chi connectivity index (χ2v) is 10.4. The zero-order valence-electron chi connectivity index (χ0n) is 21.6. The van der Waals surface area contributed by atoms with Crippen molar-refractivity contribution in [2.24, 2.45) is 5.92 Å². The number of hydrogen-bond acceptors (Lipinski definition) is 5. The lowest BCUT2D eigenvalue weighted by Crippen LogP contribution is -2.49. The smallest absolute Gasteiger partial charge is 0.255 e. The normalized spacial score (nSPS) is 21.6. The van der Waals surface area contributed by atoms with E-state index in [2.05, 4.69) is 25.6 Å². The Morgan fingerprint density at radius 2 is 1.95 bits per heavy atom. The van der Waals surface area contributed by atoms with E-state index in [1.54, 1.807) is 6.92 Å². The van der Waals surface area contributed by atoms with Crippen LogP contribution in [0.5, 0.6) is 5.75 Å². The van der Waals surface area contributed by atoms with Gasteiger partial charge in [0.25, 0.3) is 5.91 Å². The number of carbonyl (C=O) groups excluding carboxylic acids is 2. The lowest BCUT2D eigenvalue weighted by molar-refractivity contribution is -0.122. The summed E-state index contributed by atoms with van der Waals surface area (Å²) in [5.41, 5.74) is 4.91. The highest BCUT2D eigenvalue weighted by Crippen LogP contribution is 2.37. The summed E-state index contributed by atoms with van der Waals surface area (Å²) in [6.45, 7) is 6.28. The van der Waals surface area contributed by atoms with Crippen molar-refractivity contribution in [3.05, 3.63) is 41.3 Å². The summed E-state index contributed by atoms with van der Waals surface area (Å²) < 4.78 is 20.9. The third-order valence-electron chi connectivity index (χ3n) is 7.34. The third kappa shape index (κ3) is 5.45. The van der Waals surface area contributed by atoms with Crippen molar-refractivity contribution in [2.45, 2.75) is 77.6 Å². The number of aromatic nitrogens is 3. The molecule has 2 aromatic heterocycles. The van der Waals surface area contributed by atoms with Crippen LogP contribution in [-0.2, 0) is 4.79 Å². The molecule has 2 heterocycles. The molecule has 2 aliphatic carbocycles. The topological polar surface area (TPSA) is 109 Å².